The first-order valence-electron chi connectivity index (χ1n) is 10.1. The molecule has 0 fully saturated rings. The van der Waals surface area contributed by atoms with Gasteiger partial charge in [0.15, 0.2) is 0 Å². The number of aryl methyl sites for hydroxylation is 1. The minimum atomic E-state index is 0.281. The maximum Gasteiger partial charge on any atom is 0.211 e. The second-order valence-corrected chi connectivity index (χ2v) is 8.14. The van der Waals surface area contributed by atoms with Gasteiger partial charge in [0.25, 0.3) is 0 Å². The van der Waals surface area contributed by atoms with Gasteiger partial charge in [0.1, 0.15) is 6.17 Å². The zero-order valence-electron chi connectivity index (χ0n) is 17.3. The Morgan fingerprint density at radius 1 is 0.750 bits per heavy atom. The summed E-state index contributed by atoms with van der Waals surface area (Å²) < 4.78 is 0. The van der Waals surface area contributed by atoms with Crippen molar-refractivity contribution in [2.24, 2.45) is 0 Å². The van der Waals surface area contributed by atoms with Gasteiger partial charge in [0.05, 0.1) is 11.4 Å². The van der Waals surface area contributed by atoms with Crippen LogP contribution in [0.5, 0.6) is 0 Å². The number of benzene rings is 3. The Morgan fingerprint density at radius 2 is 1.43 bits per heavy atom. The number of hydrogen-bond donors (Lipinski definition) is 0. The molecular weight excluding hydrogens is 341 g/mol. The lowest BCUT2D eigenvalue weighted by molar-refractivity contribution is 0.732. The van der Waals surface area contributed by atoms with Gasteiger partial charge in [0, 0.05) is 31.2 Å². The van der Waals surface area contributed by atoms with Crippen molar-refractivity contribution in [3.63, 3.8) is 0 Å². The summed E-state index contributed by atoms with van der Waals surface area (Å²) in [5, 5.41) is 0. The number of hydrogen-bond acceptors (Lipinski definition) is 3. The fourth-order valence-electron chi connectivity index (χ4n) is 4.89. The Labute approximate surface area is 168 Å². The molecule has 0 unspecified atom stereocenters. The van der Waals surface area contributed by atoms with Crippen LogP contribution in [0.15, 0.2) is 60.7 Å². The second kappa shape index (κ2) is 6.06. The lowest BCUT2D eigenvalue weighted by Gasteiger charge is -2.34. The van der Waals surface area contributed by atoms with Crippen LogP contribution >= 0.6 is 0 Å². The molecule has 2 heterocycles. The summed E-state index contributed by atoms with van der Waals surface area (Å²) in [5.74, 6) is 0. The Morgan fingerprint density at radius 3 is 2.18 bits per heavy atom. The van der Waals surface area contributed by atoms with Gasteiger partial charge in [-0.3, -0.25) is 0 Å². The van der Waals surface area contributed by atoms with E-state index in [2.05, 4.69) is 110 Å². The molecule has 0 radical (unpaired) electrons. The van der Waals surface area contributed by atoms with E-state index in [9.17, 15) is 0 Å². The molecule has 0 aliphatic carbocycles. The molecule has 4 heteroatoms. The highest BCUT2D eigenvalue weighted by Crippen LogP contribution is 2.46. The smallest absolute Gasteiger partial charge is 0.211 e. The highest BCUT2D eigenvalue weighted by Gasteiger charge is 2.36. The van der Waals surface area contributed by atoms with Crippen LogP contribution in [0.25, 0.3) is 0 Å². The quantitative estimate of drug-likeness (QED) is 0.596. The van der Waals surface area contributed by atoms with Crippen molar-refractivity contribution in [3.05, 3.63) is 66.2 Å². The fraction of sp³-hybridized carbons (Fsp3) is 0.250. The molecule has 0 amide bonds. The lowest BCUT2D eigenvalue weighted by Crippen LogP contribution is -2.48. The van der Waals surface area contributed by atoms with Gasteiger partial charge >= 0.3 is 0 Å². The van der Waals surface area contributed by atoms with E-state index in [-0.39, 0.29) is 6.17 Å². The van der Waals surface area contributed by atoms with Crippen LogP contribution in [-0.4, -0.2) is 27.0 Å². The standard InChI is InChI=1S/C24H26BN3/c1-16-10-6-8-12-20(16)28-17(2)26(4)23-15-22-19(14-24(23)28)25(3)18-11-7-9-13-21(18)27(22)5/h6-15,17H,1-5H3/t17-/m0/s1. The summed E-state index contributed by atoms with van der Waals surface area (Å²) in [5.41, 5.74) is 10.6. The van der Waals surface area contributed by atoms with Crippen LogP contribution in [0.3, 0.4) is 0 Å². The van der Waals surface area contributed by atoms with Crippen molar-refractivity contribution in [2.45, 2.75) is 26.8 Å². The summed E-state index contributed by atoms with van der Waals surface area (Å²) in [6.45, 7) is 7.20. The van der Waals surface area contributed by atoms with Crippen molar-refractivity contribution in [1.29, 1.82) is 0 Å². The number of fused-ring (bicyclic) bond motifs is 3. The zero-order valence-corrected chi connectivity index (χ0v) is 17.3. The Bertz CT molecular complexity index is 1080. The maximum atomic E-state index is 2.48. The minimum Gasteiger partial charge on any atom is -0.352 e. The highest BCUT2D eigenvalue weighted by molar-refractivity contribution is 6.87. The van der Waals surface area contributed by atoms with E-state index in [0.717, 1.165) is 0 Å². The van der Waals surface area contributed by atoms with E-state index in [1.807, 2.05) is 0 Å². The molecular formula is C24H26BN3. The Hall–Kier alpha value is -2.88. The molecule has 3 aromatic carbocycles. The molecule has 0 spiro atoms. The zero-order chi connectivity index (χ0) is 19.6. The average molecular weight is 367 g/mol. The van der Waals surface area contributed by atoms with Gasteiger partial charge in [-0.15, -0.1) is 0 Å². The first kappa shape index (κ1) is 17.2. The molecule has 0 saturated carbocycles. The van der Waals surface area contributed by atoms with Crippen molar-refractivity contribution in [3.8, 4) is 0 Å². The third-order valence-corrected chi connectivity index (χ3v) is 6.67. The predicted molar refractivity (Wildman–Crippen MR) is 123 cm³/mol. The molecule has 28 heavy (non-hydrogen) atoms. The molecule has 140 valence electrons. The molecule has 3 aromatic rings. The van der Waals surface area contributed by atoms with Gasteiger partial charge in [-0.2, -0.15) is 0 Å². The summed E-state index contributed by atoms with van der Waals surface area (Å²) in [4.78, 5) is 7.22. The van der Waals surface area contributed by atoms with E-state index >= 15 is 0 Å². The molecule has 0 bridgehead atoms. The van der Waals surface area contributed by atoms with Crippen LogP contribution in [0, 0.1) is 6.92 Å². The third kappa shape index (κ3) is 2.24. The van der Waals surface area contributed by atoms with Crippen LogP contribution < -0.4 is 25.6 Å². The van der Waals surface area contributed by atoms with Crippen LogP contribution in [0.2, 0.25) is 6.82 Å². The molecule has 0 saturated heterocycles. The maximum absolute atomic E-state index is 2.48. The molecule has 2 aliphatic heterocycles. The van der Waals surface area contributed by atoms with Crippen molar-refractivity contribution in [1.82, 2.24) is 0 Å². The monoisotopic (exact) mass is 367 g/mol. The number of nitrogens with zero attached hydrogens (tertiary/aromatic N) is 3. The normalized spacial score (nSPS) is 17.5. The van der Waals surface area contributed by atoms with E-state index in [1.165, 1.54) is 44.9 Å². The molecule has 1 atom stereocenters. The van der Waals surface area contributed by atoms with Crippen LogP contribution in [-0.2, 0) is 0 Å². The first-order valence-corrected chi connectivity index (χ1v) is 10.1. The van der Waals surface area contributed by atoms with Gasteiger partial charge in [-0.05, 0) is 49.1 Å². The van der Waals surface area contributed by atoms with Gasteiger partial charge in [-0.25, -0.2) is 0 Å². The third-order valence-electron chi connectivity index (χ3n) is 6.67. The number of anilines is 5. The summed E-state index contributed by atoms with van der Waals surface area (Å²) >= 11 is 0. The molecule has 3 nitrogen and oxygen atoms in total. The number of rotatable bonds is 1. The summed E-state index contributed by atoms with van der Waals surface area (Å²) in [6.07, 6.45) is 0.281. The Kier molecular flexibility index (Phi) is 3.73. The van der Waals surface area contributed by atoms with Gasteiger partial charge in [0.2, 0.25) is 6.71 Å². The molecule has 0 aromatic heterocycles. The van der Waals surface area contributed by atoms with E-state index < -0.39 is 0 Å². The summed E-state index contributed by atoms with van der Waals surface area (Å²) in [7, 11) is 4.39. The van der Waals surface area contributed by atoms with Gasteiger partial charge in [-0.1, -0.05) is 48.7 Å². The average Bonchev–Trinajstić information content (AvgIpc) is 2.95. The SMILES string of the molecule is CB1c2ccccc2N(C)c2cc3c(cc21)N(c1ccccc1C)[C@@H](C)N3C. The van der Waals surface area contributed by atoms with E-state index in [4.69, 9.17) is 0 Å². The lowest BCUT2D eigenvalue weighted by atomic mass is 9.40. The molecule has 5 rings (SSSR count). The largest absolute Gasteiger partial charge is 0.352 e. The minimum absolute atomic E-state index is 0.281. The van der Waals surface area contributed by atoms with E-state index in [1.54, 1.807) is 0 Å². The molecule has 2 aliphatic rings. The van der Waals surface area contributed by atoms with Crippen LogP contribution in [0.4, 0.5) is 28.4 Å². The predicted octanol–water partition coefficient (Wildman–Crippen LogP) is 4.25. The van der Waals surface area contributed by atoms with E-state index in [0.29, 0.717) is 6.71 Å². The van der Waals surface area contributed by atoms with Crippen LogP contribution in [0.1, 0.15) is 12.5 Å². The number of para-hydroxylation sites is 2. The second-order valence-electron chi connectivity index (χ2n) is 8.14. The Balaban J connectivity index is 1.72. The van der Waals surface area contributed by atoms with Crippen molar-refractivity contribution < 1.29 is 0 Å². The topological polar surface area (TPSA) is 9.72 Å². The van der Waals surface area contributed by atoms with Gasteiger partial charge < -0.3 is 14.7 Å². The molecule has 0 N–H and O–H groups in total. The van der Waals surface area contributed by atoms with Crippen molar-refractivity contribution >= 4 is 46.1 Å². The highest BCUT2D eigenvalue weighted by atomic mass is 15.4. The summed E-state index contributed by atoms with van der Waals surface area (Å²) in [6, 6.07) is 22.3. The first-order chi connectivity index (χ1) is 13.5. The van der Waals surface area contributed by atoms with Crippen molar-refractivity contribution in [2.75, 3.05) is 28.8 Å². The fourth-order valence-corrected chi connectivity index (χ4v) is 4.89.